The molecule has 2 amide bonds. The molecule has 3 aliphatic carbocycles. The fourth-order valence-electron chi connectivity index (χ4n) is 12.1. The van der Waals surface area contributed by atoms with Crippen LogP contribution in [0.15, 0.2) is 155 Å². The van der Waals surface area contributed by atoms with Gasteiger partial charge in [0.15, 0.2) is 16.3 Å². The van der Waals surface area contributed by atoms with Crippen molar-refractivity contribution in [3.63, 3.8) is 0 Å². The molecule has 3 aliphatic heterocycles. The number of phenols is 3. The highest BCUT2D eigenvalue weighted by Gasteiger charge is 2.32. The first-order valence-electron chi connectivity index (χ1n) is 28.5. The topological polar surface area (TPSA) is 463 Å². The Balaban J connectivity index is 0.913. The van der Waals surface area contributed by atoms with Crippen molar-refractivity contribution in [3.8, 4) is 84.6 Å². The van der Waals surface area contributed by atoms with E-state index in [9.17, 15) is 78.9 Å². The third-order valence-electron chi connectivity index (χ3n) is 16.6. The number of hydrogen-bond donors (Lipinski definition) is 13. The Labute approximate surface area is 526 Å². The molecule has 0 bridgehead atoms. The Bertz CT molecular complexity index is 5400. The predicted molar refractivity (Wildman–Crippen MR) is 340 cm³/mol. The van der Waals surface area contributed by atoms with E-state index in [1.807, 2.05) is 0 Å². The largest absolute Gasteiger partial charge is 0.507 e. The minimum absolute atomic E-state index is 0.00526. The summed E-state index contributed by atoms with van der Waals surface area (Å²) >= 11 is 0. The van der Waals surface area contributed by atoms with E-state index in [1.54, 1.807) is 0 Å². The van der Waals surface area contributed by atoms with E-state index in [0.29, 0.717) is 5.39 Å². The lowest BCUT2D eigenvalue weighted by molar-refractivity contribution is 0.0681. The fraction of sp³-hybridized carbons (Fsp3) is 0.0870. The average Bonchev–Trinajstić information content (AvgIpc) is 0.748. The summed E-state index contributed by atoms with van der Waals surface area (Å²) in [7, 11) is 0. The second kappa shape index (κ2) is 24.0. The Hall–Kier alpha value is -12.6. The molecule has 3 heterocycles. The summed E-state index contributed by atoms with van der Waals surface area (Å²) in [5.74, 6) is -8.95. The minimum Gasteiger partial charge on any atom is -0.507 e. The number of carbonyl (C=O) groups excluding carboxylic acids is 2. The van der Waals surface area contributed by atoms with Crippen molar-refractivity contribution in [2.45, 2.75) is 39.3 Å². The molecule has 25 heteroatoms. The average molecular weight is 1270 g/mol. The van der Waals surface area contributed by atoms with E-state index < -0.39 is 87.7 Å². The number of phenolic OH excluding ortho intramolecular Hbond substituents is 3. The molecule has 470 valence electrons. The second-order valence-electron chi connectivity index (χ2n) is 21.7. The molecule has 0 saturated carbocycles. The van der Waals surface area contributed by atoms with Gasteiger partial charge in [-0.05, 0) is 126 Å². The molecule has 0 atom stereocenters. The molecule has 6 aliphatic rings. The van der Waals surface area contributed by atoms with E-state index in [4.69, 9.17) is 36.2 Å². The van der Waals surface area contributed by atoms with Gasteiger partial charge in [0.2, 0.25) is 0 Å². The van der Waals surface area contributed by atoms with Crippen LogP contribution in [-0.2, 0) is 39.3 Å². The lowest BCUT2D eigenvalue weighted by atomic mass is 9.87. The number of carboxylic acids is 4. The molecular formula is C69H50N6O19. The summed E-state index contributed by atoms with van der Waals surface area (Å²) in [6.07, 6.45) is 0. The van der Waals surface area contributed by atoms with Crippen molar-refractivity contribution in [1.82, 2.24) is 10.6 Å². The molecule has 6 aromatic rings. The first kappa shape index (κ1) is 61.7. The van der Waals surface area contributed by atoms with Crippen LogP contribution >= 0.6 is 0 Å². The van der Waals surface area contributed by atoms with Crippen molar-refractivity contribution in [2.75, 3.05) is 0 Å². The predicted octanol–water partition coefficient (Wildman–Crippen LogP) is 7.93. The molecule has 0 saturated heterocycles. The van der Waals surface area contributed by atoms with Gasteiger partial charge in [-0.2, -0.15) is 0 Å². The Morgan fingerprint density at radius 3 is 0.936 bits per heavy atom. The van der Waals surface area contributed by atoms with Gasteiger partial charge in [0.1, 0.15) is 51.3 Å². The van der Waals surface area contributed by atoms with E-state index in [1.165, 1.54) is 109 Å². The van der Waals surface area contributed by atoms with Gasteiger partial charge in [0.25, 0.3) is 11.8 Å². The summed E-state index contributed by atoms with van der Waals surface area (Å²) in [6, 6.07) is 27.0. The van der Waals surface area contributed by atoms with Gasteiger partial charge in [-0.3, -0.25) is 24.0 Å². The zero-order chi connectivity index (χ0) is 66.9. The van der Waals surface area contributed by atoms with Crippen LogP contribution in [0.2, 0.25) is 0 Å². The van der Waals surface area contributed by atoms with Gasteiger partial charge < -0.3 is 82.6 Å². The van der Waals surface area contributed by atoms with Crippen molar-refractivity contribution >= 4 is 68.6 Å². The van der Waals surface area contributed by atoms with Crippen molar-refractivity contribution in [2.24, 2.45) is 22.9 Å². The molecule has 94 heavy (non-hydrogen) atoms. The van der Waals surface area contributed by atoms with Crippen LogP contribution in [0, 0.1) is 0 Å². The standard InChI is InChI=1S/C69H50N6O19/c70-22-43-49(76)13-7-34-55(35-8-14-50(77)44(23-71)59(35)92-58(34)43)31-4-1-28(19-40(31)67(86)87)64(82)74-26-47-53(80)17-11-38-56(36-9-15-51(78)45(24-72)60(36)93-62(38)47)32-5-2-29(20-41(32)68(88)89)65(83)75-27-48-54(81)18-12-39-57(33-6-3-30(66(84)85)21-42(33)69(90)91)37-10-16-52(79)46(25-73)61(37)94-63(39)48/h1-21,76,80-81H,22-27,70-73H2,(H,74,82)(H,75,83)(H,84,85)(H,86,87)(H,88,89)(H,90,91). The highest BCUT2D eigenvalue weighted by molar-refractivity contribution is 6.13. The molecule has 12 rings (SSSR count). The van der Waals surface area contributed by atoms with Crippen molar-refractivity contribution in [3.05, 3.63) is 225 Å². The number of nitrogens with two attached hydrogens (primary N) is 4. The van der Waals surface area contributed by atoms with Crippen LogP contribution in [0.1, 0.15) is 95.5 Å². The van der Waals surface area contributed by atoms with Crippen LogP contribution in [0.3, 0.4) is 0 Å². The number of carboxylic acid groups (broad SMARTS) is 4. The molecule has 0 fully saturated rings. The summed E-state index contributed by atoms with van der Waals surface area (Å²) in [5, 5.41) is 81.5. The number of carbonyl (C=O) groups is 6. The molecule has 0 aromatic heterocycles. The maximum Gasteiger partial charge on any atom is 0.336 e. The summed E-state index contributed by atoms with van der Waals surface area (Å²) < 4.78 is 19.0. The number of aromatic hydroxyl groups is 3. The summed E-state index contributed by atoms with van der Waals surface area (Å²) in [6.45, 7) is -2.27. The van der Waals surface area contributed by atoms with E-state index >= 15 is 0 Å². The van der Waals surface area contributed by atoms with Gasteiger partial charge in [0.05, 0.1) is 68.7 Å². The van der Waals surface area contributed by atoms with Crippen LogP contribution in [0.5, 0.6) is 17.2 Å². The Morgan fingerprint density at radius 1 is 0.340 bits per heavy atom. The number of aromatic carboxylic acids is 4. The first-order chi connectivity index (χ1) is 45.1. The van der Waals surface area contributed by atoms with Gasteiger partial charge in [0, 0.05) is 86.8 Å². The third kappa shape index (κ3) is 10.2. The zero-order valence-corrected chi connectivity index (χ0v) is 48.7. The van der Waals surface area contributed by atoms with Crippen molar-refractivity contribution < 1.29 is 77.8 Å². The van der Waals surface area contributed by atoms with Gasteiger partial charge in [-0.25, -0.2) is 19.2 Å². The van der Waals surface area contributed by atoms with E-state index in [0.717, 1.165) is 18.2 Å². The highest BCUT2D eigenvalue weighted by atomic mass is 16.4. The van der Waals surface area contributed by atoms with Crippen LogP contribution in [0.25, 0.3) is 100 Å². The fourth-order valence-corrected chi connectivity index (χ4v) is 12.1. The van der Waals surface area contributed by atoms with E-state index in [2.05, 4.69) is 10.6 Å². The number of rotatable bonds is 17. The molecule has 17 N–H and O–H groups in total. The summed E-state index contributed by atoms with van der Waals surface area (Å²) in [5.41, 5.74) is 21.6. The van der Waals surface area contributed by atoms with Gasteiger partial charge >= 0.3 is 23.9 Å². The molecule has 0 spiro atoms. The Morgan fingerprint density at radius 2 is 0.628 bits per heavy atom. The SMILES string of the molecule is NCc1c2oc3c(CN)c(O)ccc3c(-c3ccc(C(=O)NCc4c(O)ccc5c(-c6ccc(C(=O)NCc7c(O)ccc8c(-c9ccc(C(=O)O)cc9C(=O)O)c9ccc(=O)c(CN)c-9oc78)cc6C(=O)O)c6ccc(=O)c(CN)c-6oc45)cc3C(=O)O)c-2ccc1=O. The quantitative estimate of drug-likeness (QED) is 0.0385. The molecule has 6 aromatic carbocycles. The monoisotopic (exact) mass is 1270 g/mol. The van der Waals surface area contributed by atoms with Crippen LogP contribution in [0.4, 0.5) is 0 Å². The van der Waals surface area contributed by atoms with Crippen molar-refractivity contribution in [1.29, 1.82) is 0 Å². The van der Waals surface area contributed by atoms with Crippen LogP contribution in [-0.4, -0.2) is 71.4 Å². The molecule has 25 nitrogen and oxygen atoms in total. The number of benzene rings is 9. The normalized spacial score (nSPS) is 11.5. The smallest absolute Gasteiger partial charge is 0.336 e. The molecule has 0 radical (unpaired) electrons. The number of amides is 2. The lowest BCUT2D eigenvalue weighted by Gasteiger charge is -2.21. The third-order valence-corrected chi connectivity index (χ3v) is 16.6. The first-order valence-corrected chi connectivity index (χ1v) is 28.5. The number of fused-ring (bicyclic) bond motifs is 6. The summed E-state index contributed by atoms with van der Waals surface area (Å²) in [4.78, 5) is 120. The molecule has 0 unspecified atom stereocenters. The van der Waals surface area contributed by atoms with E-state index in [-0.39, 0.29) is 182 Å². The van der Waals surface area contributed by atoms with Crippen LogP contribution < -0.4 is 49.9 Å². The number of hydrogen-bond acceptors (Lipinski definition) is 19. The minimum atomic E-state index is -1.54. The van der Waals surface area contributed by atoms with Gasteiger partial charge in [-0.15, -0.1) is 0 Å². The second-order valence-corrected chi connectivity index (χ2v) is 21.7. The highest BCUT2D eigenvalue weighted by Crippen LogP contribution is 2.49. The number of nitrogens with one attached hydrogen (secondary N) is 2. The maximum atomic E-state index is 14.3. The maximum absolute atomic E-state index is 14.3. The Kier molecular flexibility index (Phi) is 15.8. The molecular weight excluding hydrogens is 1220 g/mol. The van der Waals surface area contributed by atoms with Gasteiger partial charge in [-0.1, -0.05) is 18.2 Å². The lowest BCUT2D eigenvalue weighted by Crippen LogP contribution is -2.24. The zero-order valence-electron chi connectivity index (χ0n) is 48.7.